The summed E-state index contributed by atoms with van der Waals surface area (Å²) in [5.41, 5.74) is -0.195. The minimum atomic E-state index is -0.531. The second-order valence-electron chi connectivity index (χ2n) is 7.60. The first-order chi connectivity index (χ1) is 14.4. The summed E-state index contributed by atoms with van der Waals surface area (Å²) in [5.74, 6) is -1.41. The number of rotatable bonds is 6. The molecule has 0 radical (unpaired) electrons. The second-order valence-corrected chi connectivity index (χ2v) is 7.60. The molecule has 0 saturated carbocycles. The van der Waals surface area contributed by atoms with E-state index in [0.717, 1.165) is 12.8 Å². The largest absolute Gasteiger partial charge is 0.356 e. The van der Waals surface area contributed by atoms with Crippen LogP contribution in [0.5, 0.6) is 0 Å². The second kappa shape index (κ2) is 9.65. The van der Waals surface area contributed by atoms with Crippen LogP contribution in [0.15, 0.2) is 35.1 Å². The molecule has 1 N–H and O–H groups in total. The van der Waals surface area contributed by atoms with Crippen molar-refractivity contribution < 1.29 is 14.0 Å². The third kappa shape index (κ3) is 4.75. The van der Waals surface area contributed by atoms with E-state index in [9.17, 15) is 18.8 Å². The lowest BCUT2D eigenvalue weighted by Gasteiger charge is -2.31. The molecule has 2 aromatic rings. The molecule has 1 saturated heterocycles. The highest BCUT2D eigenvalue weighted by Gasteiger charge is 2.30. The Hall–Kier alpha value is -3.03. The fraction of sp³-hybridized carbons (Fsp3) is 0.455. The first-order valence-electron chi connectivity index (χ1n) is 10.3. The van der Waals surface area contributed by atoms with E-state index in [1.165, 1.54) is 27.8 Å². The molecular weight excluding hydrogens is 387 g/mol. The molecule has 1 fully saturated rings. The van der Waals surface area contributed by atoms with Crippen molar-refractivity contribution in [3.05, 3.63) is 57.8 Å². The van der Waals surface area contributed by atoms with Gasteiger partial charge in [0.25, 0.3) is 5.91 Å². The highest BCUT2D eigenvalue weighted by Crippen LogP contribution is 2.19. The van der Waals surface area contributed by atoms with E-state index in [1.807, 2.05) is 0 Å². The standard InChI is InChI=1S/C22H27FN4O3/c1-3-4-11-24-21(29)16-8-7-12-26(14-16)22(30)20-19(28)13-15(2)27(25-20)18-10-6-5-9-17(18)23/h5-6,9-10,13,16H,3-4,7-8,11-12,14H2,1-2H3,(H,24,29). The lowest BCUT2D eigenvalue weighted by Crippen LogP contribution is -2.47. The van der Waals surface area contributed by atoms with Gasteiger partial charge in [-0.25, -0.2) is 9.07 Å². The fourth-order valence-corrected chi connectivity index (χ4v) is 3.62. The fourth-order valence-electron chi connectivity index (χ4n) is 3.62. The van der Waals surface area contributed by atoms with Gasteiger partial charge in [0.2, 0.25) is 11.3 Å². The number of nitrogens with zero attached hydrogens (tertiary/aromatic N) is 3. The molecule has 8 heteroatoms. The van der Waals surface area contributed by atoms with Gasteiger partial charge in [-0.2, -0.15) is 5.10 Å². The van der Waals surface area contributed by atoms with E-state index in [-0.39, 0.29) is 29.8 Å². The molecule has 0 spiro atoms. The van der Waals surface area contributed by atoms with Crippen LogP contribution < -0.4 is 10.7 Å². The van der Waals surface area contributed by atoms with Gasteiger partial charge in [-0.15, -0.1) is 0 Å². The molecule has 1 aromatic carbocycles. The number of unbranched alkanes of at least 4 members (excludes halogenated alkanes) is 1. The van der Waals surface area contributed by atoms with Gasteiger partial charge in [0.1, 0.15) is 11.5 Å². The van der Waals surface area contributed by atoms with E-state index < -0.39 is 17.2 Å². The van der Waals surface area contributed by atoms with Crippen LogP contribution >= 0.6 is 0 Å². The molecule has 1 aromatic heterocycles. The number of amides is 2. The molecule has 2 heterocycles. The van der Waals surface area contributed by atoms with E-state index in [2.05, 4.69) is 17.3 Å². The topological polar surface area (TPSA) is 84.3 Å². The molecule has 0 bridgehead atoms. The van der Waals surface area contributed by atoms with Crippen LogP contribution in [-0.2, 0) is 4.79 Å². The Morgan fingerprint density at radius 1 is 1.30 bits per heavy atom. The summed E-state index contributed by atoms with van der Waals surface area (Å²) in [6.45, 7) is 4.99. The SMILES string of the molecule is CCCCNC(=O)C1CCCN(C(=O)c2nn(-c3ccccc3F)c(C)cc2=O)C1. The predicted octanol–water partition coefficient (Wildman–Crippen LogP) is 2.45. The van der Waals surface area contributed by atoms with Crippen molar-refractivity contribution in [2.75, 3.05) is 19.6 Å². The predicted molar refractivity (Wildman–Crippen MR) is 111 cm³/mol. The summed E-state index contributed by atoms with van der Waals surface area (Å²) >= 11 is 0. The van der Waals surface area contributed by atoms with E-state index in [1.54, 1.807) is 19.1 Å². The van der Waals surface area contributed by atoms with Gasteiger partial charge in [-0.05, 0) is 38.3 Å². The number of piperidine rings is 1. The summed E-state index contributed by atoms with van der Waals surface area (Å²) in [4.78, 5) is 39.4. The maximum absolute atomic E-state index is 14.2. The zero-order chi connectivity index (χ0) is 21.7. The average Bonchev–Trinajstić information content (AvgIpc) is 2.74. The molecule has 0 aliphatic carbocycles. The van der Waals surface area contributed by atoms with Crippen LogP contribution in [0.25, 0.3) is 5.69 Å². The Kier molecular flexibility index (Phi) is 6.97. The number of carbonyl (C=O) groups excluding carboxylic acids is 2. The van der Waals surface area contributed by atoms with Gasteiger partial charge >= 0.3 is 0 Å². The molecule has 7 nitrogen and oxygen atoms in total. The third-order valence-electron chi connectivity index (χ3n) is 5.30. The zero-order valence-corrected chi connectivity index (χ0v) is 17.4. The maximum Gasteiger partial charge on any atom is 0.278 e. The molecular formula is C22H27FN4O3. The molecule has 30 heavy (non-hydrogen) atoms. The van der Waals surface area contributed by atoms with E-state index >= 15 is 0 Å². The number of aryl methyl sites for hydroxylation is 1. The summed E-state index contributed by atoms with van der Waals surface area (Å²) in [7, 11) is 0. The number of benzene rings is 1. The Morgan fingerprint density at radius 3 is 2.80 bits per heavy atom. The van der Waals surface area contributed by atoms with Crippen molar-refractivity contribution in [3.63, 3.8) is 0 Å². The van der Waals surface area contributed by atoms with Crippen LogP contribution in [0.2, 0.25) is 0 Å². The number of hydrogen-bond acceptors (Lipinski definition) is 4. The summed E-state index contributed by atoms with van der Waals surface area (Å²) < 4.78 is 15.5. The number of hydrogen-bond donors (Lipinski definition) is 1. The summed E-state index contributed by atoms with van der Waals surface area (Å²) in [5, 5.41) is 7.09. The molecule has 1 aliphatic heterocycles. The first kappa shape index (κ1) is 21.7. The number of likely N-dealkylation sites (tertiary alicyclic amines) is 1. The number of nitrogens with one attached hydrogen (secondary N) is 1. The maximum atomic E-state index is 14.2. The van der Waals surface area contributed by atoms with Crippen molar-refractivity contribution in [3.8, 4) is 5.69 Å². The van der Waals surface area contributed by atoms with Gasteiger partial charge in [-0.3, -0.25) is 14.4 Å². The third-order valence-corrected chi connectivity index (χ3v) is 5.30. The number of halogens is 1. The highest BCUT2D eigenvalue weighted by molar-refractivity contribution is 5.92. The Bertz CT molecular complexity index is 989. The molecule has 1 aliphatic rings. The minimum Gasteiger partial charge on any atom is -0.356 e. The monoisotopic (exact) mass is 414 g/mol. The van der Waals surface area contributed by atoms with Crippen molar-refractivity contribution >= 4 is 11.8 Å². The van der Waals surface area contributed by atoms with Crippen molar-refractivity contribution in [2.45, 2.75) is 39.5 Å². The average molecular weight is 414 g/mol. The number of carbonyl (C=O) groups is 2. The van der Waals surface area contributed by atoms with Gasteiger partial charge in [0.15, 0.2) is 5.69 Å². The van der Waals surface area contributed by atoms with Crippen LogP contribution in [0.4, 0.5) is 4.39 Å². The lowest BCUT2D eigenvalue weighted by atomic mass is 9.96. The van der Waals surface area contributed by atoms with E-state index in [4.69, 9.17) is 0 Å². The van der Waals surface area contributed by atoms with Gasteiger partial charge in [0, 0.05) is 31.4 Å². The van der Waals surface area contributed by atoms with Crippen molar-refractivity contribution in [2.24, 2.45) is 5.92 Å². The van der Waals surface area contributed by atoms with Gasteiger partial charge in [-0.1, -0.05) is 25.5 Å². The van der Waals surface area contributed by atoms with Gasteiger partial charge in [0.05, 0.1) is 5.92 Å². The van der Waals surface area contributed by atoms with Crippen LogP contribution in [0, 0.1) is 18.7 Å². The van der Waals surface area contributed by atoms with Crippen LogP contribution in [0.3, 0.4) is 0 Å². The van der Waals surface area contributed by atoms with Crippen molar-refractivity contribution in [1.82, 2.24) is 20.0 Å². The Balaban J connectivity index is 1.82. The van der Waals surface area contributed by atoms with Crippen molar-refractivity contribution in [1.29, 1.82) is 0 Å². The quantitative estimate of drug-likeness (QED) is 0.736. The zero-order valence-electron chi connectivity index (χ0n) is 17.4. The first-order valence-corrected chi connectivity index (χ1v) is 10.3. The normalized spacial score (nSPS) is 16.4. The van der Waals surface area contributed by atoms with Crippen LogP contribution in [0.1, 0.15) is 48.8 Å². The number of aromatic nitrogens is 2. The Labute approximate surface area is 174 Å². The molecule has 160 valence electrons. The highest BCUT2D eigenvalue weighted by atomic mass is 19.1. The van der Waals surface area contributed by atoms with E-state index in [0.29, 0.717) is 31.6 Å². The van der Waals surface area contributed by atoms with Crippen LogP contribution in [-0.4, -0.2) is 46.1 Å². The lowest BCUT2D eigenvalue weighted by molar-refractivity contribution is -0.126. The summed E-state index contributed by atoms with van der Waals surface area (Å²) in [6.07, 6.45) is 3.26. The molecule has 1 unspecified atom stereocenters. The summed E-state index contributed by atoms with van der Waals surface area (Å²) in [6, 6.07) is 7.33. The molecule has 1 atom stereocenters. The number of para-hydroxylation sites is 1. The Morgan fingerprint density at radius 2 is 2.07 bits per heavy atom. The smallest absolute Gasteiger partial charge is 0.278 e. The minimum absolute atomic E-state index is 0.0680. The van der Waals surface area contributed by atoms with Gasteiger partial charge < -0.3 is 10.2 Å². The molecule has 2 amide bonds. The molecule has 3 rings (SSSR count).